The number of nitrogens with zero attached hydrogens (tertiary/aromatic N) is 7. The number of rotatable bonds is 28. The highest BCUT2D eigenvalue weighted by atomic mass is 16.5. The normalized spacial score (nSPS) is 9.61. The summed E-state index contributed by atoms with van der Waals surface area (Å²) in [7, 11) is 1.28. The molecule has 14 aromatic carbocycles. The van der Waals surface area contributed by atoms with Crippen LogP contribution in [0.3, 0.4) is 0 Å². The van der Waals surface area contributed by atoms with Crippen molar-refractivity contribution in [1.29, 1.82) is 0 Å². The van der Waals surface area contributed by atoms with Crippen molar-refractivity contribution in [3.05, 3.63) is 622 Å². The molecule has 0 aliphatic carbocycles. The molecule has 14 aromatic rings. The summed E-state index contributed by atoms with van der Waals surface area (Å²) in [6, 6.07) is 133. The number of allylic oxidation sites excluding steroid dienone is 3. The minimum atomic E-state index is -0.622. The van der Waals surface area contributed by atoms with Crippen LogP contribution in [0.25, 0.3) is 72.9 Å². The predicted octanol–water partition coefficient (Wildman–Crippen LogP) is 29.1. The molecular weight excluding hydrogens is 1800 g/mol. The average Bonchev–Trinajstić information content (AvgIpc) is 0.761. The van der Waals surface area contributed by atoms with Crippen molar-refractivity contribution < 1.29 is 52.5 Å². The molecule has 0 bridgehead atoms. The Balaban J connectivity index is 0.000000207. The van der Waals surface area contributed by atoms with Crippen LogP contribution in [-0.2, 0) is 52.5 Å². The zero-order valence-corrected chi connectivity index (χ0v) is 81.9. The van der Waals surface area contributed by atoms with E-state index in [-0.39, 0.29) is 69.9 Å². The number of Topliss-reactive ketones (excluding diaryl/α,β-unsaturated/α-hetero) is 3. The second kappa shape index (κ2) is 61.7. The van der Waals surface area contributed by atoms with Gasteiger partial charge in [0.2, 0.25) is 17.1 Å². The van der Waals surface area contributed by atoms with Crippen molar-refractivity contribution in [1.82, 2.24) is 0 Å². The number of unbranched alkanes of at least 4 members (excludes halogenated alkanes) is 3. The zero-order valence-electron chi connectivity index (χ0n) is 81.9. The van der Waals surface area contributed by atoms with Gasteiger partial charge in [-0.1, -0.05) is 451 Å². The van der Waals surface area contributed by atoms with Crippen LogP contribution in [0.4, 0.5) is 0 Å². The van der Waals surface area contributed by atoms with Gasteiger partial charge >= 0.3 is 23.9 Å². The van der Waals surface area contributed by atoms with Gasteiger partial charge < -0.3 is 33.3 Å². The van der Waals surface area contributed by atoms with Crippen LogP contribution in [0, 0.1) is 46.0 Å². The molecule has 0 N–H and O–H groups in total. The van der Waals surface area contributed by atoms with Gasteiger partial charge in [0.05, 0.1) is 72.4 Å². The first-order valence-electron chi connectivity index (χ1n) is 46.4. The fraction of sp³-hybridized carbons (Fsp3) is 0.118. The van der Waals surface area contributed by atoms with E-state index in [1.165, 1.54) is 27.9 Å². The minimum absolute atomic E-state index is 0.00565. The third-order valence-electron chi connectivity index (χ3n) is 21.1. The summed E-state index contributed by atoms with van der Waals surface area (Å²) >= 11 is 0. The van der Waals surface area contributed by atoms with Gasteiger partial charge in [-0.05, 0) is 143 Å². The summed E-state index contributed by atoms with van der Waals surface area (Å²) in [6.07, 6.45) is 3.86. The number of ether oxygens (including phenoxy) is 4. The molecule has 145 heavy (non-hydrogen) atoms. The highest BCUT2D eigenvalue weighted by molar-refractivity contribution is 6.10. The standard InChI is InChI=1S/C22H23NO2.C19H17NO2.C18H15NO2.C17H13NO2.3C17H13NO/c1-3-4-5-12-17-25-22(24)21(23-2)20(18-13-8-6-9-14-18)19-15-10-7-11-16-19;1-14(2)22-19(21)18(20-3)17(15-10-6-4-7-11-15)16-12-8-5-9-13-16;1-3-21-18(20)17(19-2)16(14-10-6-4-7-11-14)15-12-8-5-9-13-15;1-18-16(17(19)20-2)15(13-9-5-3-6-10-13)14-11-7-4-8-12-14;3*1-13(19)17(18-2)16(14-9-5-3-6-10-14)15-11-7-4-8-12-15/h6-11,13-16H,3-5,12,17H2,1H3;4-14H,1-2H3;4-13H,3H2,1H3;3-12H,2H3;3*3-12H,1H3. The average molecular weight is 1910 g/mol. The monoisotopic (exact) mass is 1910 g/mol. The minimum Gasteiger partial charge on any atom is -0.474 e. The molecule has 18 nitrogen and oxygen atoms in total. The molecule has 0 aliphatic heterocycles. The van der Waals surface area contributed by atoms with E-state index >= 15 is 0 Å². The van der Waals surface area contributed by atoms with Crippen molar-refractivity contribution in [2.24, 2.45) is 0 Å². The number of hydrogen-bond donors (Lipinski definition) is 0. The fourth-order valence-electron chi connectivity index (χ4n) is 14.6. The predicted molar refractivity (Wildman–Crippen MR) is 576 cm³/mol. The number of methoxy groups -OCH3 is 1. The van der Waals surface area contributed by atoms with Gasteiger partial charge in [0.1, 0.15) is 0 Å². The molecule has 0 atom stereocenters. The highest BCUT2D eigenvalue weighted by Gasteiger charge is 2.27. The third-order valence-corrected chi connectivity index (χ3v) is 21.1. The summed E-state index contributed by atoms with van der Waals surface area (Å²) in [6.45, 7) is 63.7. The number of carbonyl (C=O) groups excluding carboxylic acids is 7. The van der Waals surface area contributed by atoms with Gasteiger partial charge in [-0.2, -0.15) is 0 Å². The van der Waals surface area contributed by atoms with E-state index in [0.717, 1.165) is 104 Å². The van der Waals surface area contributed by atoms with Gasteiger partial charge in [-0.3, -0.25) is 19.2 Å². The van der Waals surface area contributed by atoms with Gasteiger partial charge in [-0.15, -0.1) is 0 Å². The quantitative estimate of drug-likeness (QED) is 0.0149. The lowest BCUT2D eigenvalue weighted by molar-refractivity contribution is -0.142. The van der Waals surface area contributed by atoms with Crippen LogP contribution >= 0.6 is 0 Å². The van der Waals surface area contributed by atoms with Crippen LogP contribution in [0.2, 0.25) is 0 Å². The SMILES string of the molecule is [C-]#[N+]C(C(=O)OC(C)C)=C(c1ccccc1)c1ccccc1.[C-]#[N+]C(C(=O)OC)=C(c1ccccc1)c1ccccc1.[C-]#[N+]C(C(=O)OCC)=C(c1ccccc1)c1ccccc1.[C-]#[N+]C(C(=O)OCCCCCC)=C(c1ccccc1)c1ccccc1.[C-]#[N+]C(C(C)=O)=C(c1ccccc1)c1ccccc1.[C-]#[N+]C(C(C)=O)=C(c1ccccc1)c1ccccc1.[C-]#[N+]C(C(C)=O)=C(c1ccccc1)c1ccccc1. The second-order valence-corrected chi connectivity index (χ2v) is 31.5. The number of hydrogen-bond acceptors (Lipinski definition) is 11. The Bertz CT molecular complexity index is 6620. The van der Waals surface area contributed by atoms with Crippen LogP contribution in [0.1, 0.15) is 152 Å². The number of carbonyl (C=O) groups is 7. The Morgan fingerprint density at radius 2 is 0.379 bits per heavy atom. The summed E-state index contributed by atoms with van der Waals surface area (Å²) in [5, 5.41) is 0. The molecule has 0 unspecified atom stereocenters. The van der Waals surface area contributed by atoms with Crippen molar-refractivity contribution in [3.63, 3.8) is 0 Å². The van der Waals surface area contributed by atoms with Crippen LogP contribution < -0.4 is 0 Å². The molecule has 0 aromatic heterocycles. The smallest absolute Gasteiger partial charge is 0.337 e. The van der Waals surface area contributed by atoms with E-state index in [1.54, 1.807) is 20.8 Å². The maximum Gasteiger partial charge on any atom is 0.337 e. The Morgan fingerprint density at radius 1 is 0.221 bits per heavy atom. The maximum atomic E-state index is 12.5. The molecule has 14 rings (SSSR count). The molecule has 0 amide bonds. The topological polar surface area (TPSA) is 187 Å². The maximum absolute atomic E-state index is 12.5. The van der Waals surface area contributed by atoms with Crippen molar-refractivity contribution in [3.8, 4) is 0 Å². The summed E-state index contributed by atoms with van der Waals surface area (Å²) in [5.74, 6) is -2.98. The Morgan fingerprint density at radius 3 is 0.524 bits per heavy atom. The molecule has 716 valence electrons. The lowest BCUT2D eigenvalue weighted by Gasteiger charge is -2.13. The lowest BCUT2D eigenvalue weighted by Crippen LogP contribution is -2.13. The highest BCUT2D eigenvalue weighted by Crippen LogP contribution is 2.36. The van der Waals surface area contributed by atoms with Crippen molar-refractivity contribution in [2.45, 2.75) is 80.3 Å². The third kappa shape index (κ3) is 34.0. The summed E-state index contributed by atoms with van der Waals surface area (Å²) in [4.78, 5) is 108. The Labute approximate surface area is 850 Å². The largest absolute Gasteiger partial charge is 0.474 e. The first-order valence-corrected chi connectivity index (χ1v) is 46.4. The molecule has 0 saturated carbocycles. The van der Waals surface area contributed by atoms with Gasteiger partial charge in [0.15, 0.2) is 17.3 Å². The Hall–Kier alpha value is -19.4. The fourth-order valence-corrected chi connectivity index (χ4v) is 14.6. The molecule has 0 radical (unpaired) electrons. The molecule has 0 saturated heterocycles. The van der Waals surface area contributed by atoms with E-state index in [9.17, 15) is 33.6 Å². The summed E-state index contributed by atoms with van der Waals surface area (Å²) in [5.41, 5.74) is 17.0. The summed E-state index contributed by atoms with van der Waals surface area (Å²) < 4.78 is 20.3. The van der Waals surface area contributed by atoms with Crippen molar-refractivity contribution >= 4 is 80.2 Å². The Kier molecular flexibility index (Phi) is 47.2. The van der Waals surface area contributed by atoms with Crippen LogP contribution in [0.5, 0.6) is 0 Å². The second-order valence-electron chi connectivity index (χ2n) is 31.5. The van der Waals surface area contributed by atoms with E-state index in [4.69, 9.17) is 65.0 Å². The van der Waals surface area contributed by atoms with Gasteiger partial charge in [0.25, 0.3) is 22.8 Å². The molecule has 0 spiro atoms. The first kappa shape index (κ1) is 111. The van der Waals surface area contributed by atoms with E-state index in [0.29, 0.717) is 45.6 Å². The van der Waals surface area contributed by atoms with Gasteiger partial charge in [-0.25, -0.2) is 33.9 Å². The molecule has 0 heterocycles. The van der Waals surface area contributed by atoms with Crippen LogP contribution in [-0.4, -0.2) is 67.7 Å². The molecule has 18 heteroatoms. The van der Waals surface area contributed by atoms with Crippen molar-refractivity contribution in [2.75, 3.05) is 20.3 Å². The van der Waals surface area contributed by atoms with Gasteiger partial charge in [0, 0.05) is 22.3 Å². The van der Waals surface area contributed by atoms with Crippen LogP contribution in [0.15, 0.2) is 465 Å². The van der Waals surface area contributed by atoms with E-state index in [1.807, 2.05) is 425 Å². The number of ketones is 3. The molecule has 0 aliphatic rings. The van der Waals surface area contributed by atoms with E-state index in [2.05, 4.69) is 40.8 Å². The lowest BCUT2D eigenvalue weighted by atomic mass is 9.95. The molecular formula is C127H107N7O11. The van der Waals surface area contributed by atoms with E-state index < -0.39 is 23.9 Å². The number of esters is 4. The molecule has 0 fully saturated rings. The zero-order chi connectivity index (χ0) is 104. The number of benzene rings is 14. The first-order chi connectivity index (χ1) is 70.7.